The van der Waals surface area contributed by atoms with E-state index < -0.39 is 0 Å². The number of nitriles is 1. The summed E-state index contributed by atoms with van der Waals surface area (Å²) in [5.74, 6) is 2.23. The van der Waals surface area contributed by atoms with E-state index in [1.807, 2.05) is 12.1 Å². The summed E-state index contributed by atoms with van der Waals surface area (Å²) in [5.41, 5.74) is 4.66. The zero-order chi connectivity index (χ0) is 24.4. The van der Waals surface area contributed by atoms with Gasteiger partial charge in [0.15, 0.2) is 23.0 Å². The molecule has 180 valence electrons. The molecule has 0 bridgehead atoms. The number of hydrogen-bond donors (Lipinski definition) is 2. The summed E-state index contributed by atoms with van der Waals surface area (Å²) in [6, 6.07) is 14.1. The van der Waals surface area contributed by atoms with Crippen molar-refractivity contribution in [3.05, 3.63) is 48.2 Å². The van der Waals surface area contributed by atoms with Crippen molar-refractivity contribution in [2.75, 3.05) is 57.8 Å². The predicted octanol–water partition coefficient (Wildman–Crippen LogP) is 3.81. The molecule has 35 heavy (non-hydrogen) atoms. The molecular formula is C25H26N6O4. The van der Waals surface area contributed by atoms with Gasteiger partial charge in [0.05, 0.1) is 46.4 Å². The van der Waals surface area contributed by atoms with Crippen LogP contribution in [0.4, 0.5) is 17.2 Å². The van der Waals surface area contributed by atoms with Crippen LogP contribution in [0.3, 0.4) is 0 Å². The highest BCUT2D eigenvalue weighted by Crippen LogP contribution is 2.41. The number of ether oxygens (including phenoxy) is 4. The molecule has 0 aliphatic carbocycles. The van der Waals surface area contributed by atoms with Crippen molar-refractivity contribution in [2.24, 2.45) is 0 Å². The lowest BCUT2D eigenvalue weighted by Crippen LogP contribution is -2.36. The molecular weight excluding hydrogens is 448 g/mol. The lowest BCUT2D eigenvalue weighted by atomic mass is 10.1. The third kappa shape index (κ3) is 4.06. The average Bonchev–Trinajstić information content (AvgIpc) is 3.48. The molecule has 2 aromatic carbocycles. The van der Waals surface area contributed by atoms with Gasteiger partial charge in [-0.25, -0.2) is 0 Å². The monoisotopic (exact) mass is 474 g/mol. The van der Waals surface area contributed by atoms with Crippen molar-refractivity contribution in [2.45, 2.75) is 0 Å². The smallest absolute Gasteiger partial charge is 0.203 e. The normalized spacial score (nSPS) is 13.5. The molecule has 0 amide bonds. The van der Waals surface area contributed by atoms with Crippen LogP contribution in [0.5, 0.6) is 17.2 Å². The number of hydrogen-bond acceptors (Lipinski definition) is 8. The van der Waals surface area contributed by atoms with Gasteiger partial charge in [0.2, 0.25) is 5.75 Å². The Balaban J connectivity index is 1.57. The van der Waals surface area contributed by atoms with E-state index in [0.717, 1.165) is 43.2 Å². The fourth-order valence-electron chi connectivity index (χ4n) is 4.28. The number of aromatic amines is 1. The highest BCUT2D eigenvalue weighted by atomic mass is 16.5. The lowest BCUT2D eigenvalue weighted by Gasteiger charge is -2.28. The first-order valence-electron chi connectivity index (χ1n) is 11.2. The number of fused-ring (bicyclic) bond motifs is 1. The first-order chi connectivity index (χ1) is 17.2. The maximum absolute atomic E-state index is 9.55. The minimum absolute atomic E-state index is 0.453. The Hall–Kier alpha value is -4.36. The Morgan fingerprint density at radius 1 is 1.03 bits per heavy atom. The SMILES string of the molecule is COc1cc(Nc2c(-c3ccc(N4CCOCC4)cc3)[nH]c3c(C#N)cnn23)cc(OC)c1OC. The van der Waals surface area contributed by atoms with Gasteiger partial charge >= 0.3 is 0 Å². The number of H-pyrrole nitrogens is 1. The second-order valence-corrected chi connectivity index (χ2v) is 7.96. The molecule has 2 N–H and O–H groups in total. The summed E-state index contributed by atoms with van der Waals surface area (Å²) >= 11 is 0. The van der Waals surface area contributed by atoms with E-state index in [1.165, 1.54) is 6.20 Å². The molecule has 0 unspecified atom stereocenters. The van der Waals surface area contributed by atoms with Gasteiger partial charge in [-0.3, -0.25) is 0 Å². The van der Waals surface area contributed by atoms with Gasteiger partial charge < -0.3 is 34.1 Å². The van der Waals surface area contributed by atoms with Gasteiger partial charge in [0.1, 0.15) is 11.6 Å². The van der Waals surface area contributed by atoms with Crippen molar-refractivity contribution in [1.29, 1.82) is 5.26 Å². The minimum atomic E-state index is 0.453. The van der Waals surface area contributed by atoms with Gasteiger partial charge in [-0.15, -0.1) is 0 Å². The maximum Gasteiger partial charge on any atom is 0.203 e. The third-order valence-corrected chi connectivity index (χ3v) is 6.04. The summed E-state index contributed by atoms with van der Waals surface area (Å²) in [6.07, 6.45) is 1.54. The van der Waals surface area contributed by atoms with Gasteiger partial charge in [0.25, 0.3) is 0 Å². The molecule has 0 radical (unpaired) electrons. The van der Waals surface area contributed by atoms with E-state index in [9.17, 15) is 5.26 Å². The third-order valence-electron chi connectivity index (χ3n) is 6.04. The van der Waals surface area contributed by atoms with Crippen LogP contribution in [-0.4, -0.2) is 62.2 Å². The van der Waals surface area contributed by atoms with Gasteiger partial charge in [-0.2, -0.15) is 14.9 Å². The molecule has 0 saturated carbocycles. The fraction of sp³-hybridized carbons (Fsp3) is 0.280. The number of methoxy groups -OCH3 is 3. The molecule has 1 saturated heterocycles. The number of aromatic nitrogens is 3. The van der Waals surface area contributed by atoms with Crippen molar-refractivity contribution in [3.63, 3.8) is 0 Å². The number of nitrogens with zero attached hydrogens (tertiary/aromatic N) is 4. The summed E-state index contributed by atoms with van der Waals surface area (Å²) < 4.78 is 23.6. The number of anilines is 3. The van der Waals surface area contributed by atoms with E-state index in [4.69, 9.17) is 18.9 Å². The largest absolute Gasteiger partial charge is 0.493 e. The number of rotatable bonds is 7. The lowest BCUT2D eigenvalue weighted by molar-refractivity contribution is 0.122. The molecule has 3 heterocycles. The van der Waals surface area contributed by atoms with Crippen LogP contribution in [0.1, 0.15) is 5.56 Å². The zero-order valence-corrected chi connectivity index (χ0v) is 19.8. The van der Waals surface area contributed by atoms with Gasteiger partial charge in [0, 0.05) is 42.2 Å². The van der Waals surface area contributed by atoms with Crippen LogP contribution in [0.15, 0.2) is 42.6 Å². The predicted molar refractivity (Wildman–Crippen MR) is 132 cm³/mol. The maximum atomic E-state index is 9.55. The quantitative estimate of drug-likeness (QED) is 0.416. The molecule has 0 spiro atoms. The summed E-state index contributed by atoms with van der Waals surface area (Å²) in [5, 5.41) is 17.4. The number of benzene rings is 2. The molecule has 1 aliphatic heterocycles. The Labute approximate surface area is 202 Å². The molecule has 0 atom stereocenters. The van der Waals surface area contributed by atoms with E-state index in [0.29, 0.717) is 40.0 Å². The van der Waals surface area contributed by atoms with E-state index in [-0.39, 0.29) is 0 Å². The minimum Gasteiger partial charge on any atom is -0.493 e. The van der Waals surface area contributed by atoms with Crippen molar-refractivity contribution in [1.82, 2.24) is 14.6 Å². The topological polar surface area (TPSA) is 109 Å². The van der Waals surface area contributed by atoms with Crippen LogP contribution >= 0.6 is 0 Å². The van der Waals surface area contributed by atoms with Crippen LogP contribution in [0.25, 0.3) is 16.9 Å². The fourth-order valence-corrected chi connectivity index (χ4v) is 4.28. The number of nitrogens with one attached hydrogen (secondary N) is 2. The van der Waals surface area contributed by atoms with Crippen molar-refractivity contribution in [3.8, 4) is 34.6 Å². The van der Waals surface area contributed by atoms with Crippen LogP contribution in [0, 0.1) is 11.3 Å². The van der Waals surface area contributed by atoms with E-state index in [1.54, 1.807) is 25.8 Å². The highest BCUT2D eigenvalue weighted by molar-refractivity contribution is 5.82. The summed E-state index contributed by atoms with van der Waals surface area (Å²) in [6.45, 7) is 3.20. The Bertz CT molecular complexity index is 1350. The van der Waals surface area contributed by atoms with Gasteiger partial charge in [-0.05, 0) is 12.1 Å². The van der Waals surface area contributed by atoms with Crippen LogP contribution in [-0.2, 0) is 4.74 Å². The second-order valence-electron chi connectivity index (χ2n) is 7.96. The summed E-state index contributed by atoms with van der Waals surface area (Å²) in [7, 11) is 4.71. The molecule has 2 aromatic heterocycles. The van der Waals surface area contributed by atoms with Gasteiger partial charge in [-0.1, -0.05) is 12.1 Å². The molecule has 4 aromatic rings. The van der Waals surface area contributed by atoms with E-state index in [2.05, 4.69) is 50.6 Å². The Morgan fingerprint density at radius 2 is 1.71 bits per heavy atom. The first-order valence-corrected chi connectivity index (χ1v) is 11.2. The summed E-state index contributed by atoms with van der Waals surface area (Å²) in [4.78, 5) is 5.68. The molecule has 10 heteroatoms. The van der Waals surface area contributed by atoms with Crippen molar-refractivity contribution < 1.29 is 18.9 Å². The Morgan fingerprint density at radius 3 is 2.31 bits per heavy atom. The molecule has 1 fully saturated rings. The second kappa shape index (κ2) is 9.48. The molecule has 10 nitrogen and oxygen atoms in total. The molecule has 5 rings (SSSR count). The highest BCUT2D eigenvalue weighted by Gasteiger charge is 2.20. The van der Waals surface area contributed by atoms with Crippen LogP contribution in [0.2, 0.25) is 0 Å². The average molecular weight is 475 g/mol. The standard InChI is InChI=1S/C25H26N6O4/c1-32-20-12-18(13-21(33-2)23(20)34-3)28-25-22(29-24-17(14-26)15-27-31(24)25)16-4-6-19(7-5-16)30-8-10-35-11-9-30/h4-7,12-13,15,28-29H,8-11H2,1-3H3. The van der Waals surface area contributed by atoms with E-state index >= 15 is 0 Å². The first kappa shape index (κ1) is 22.4. The molecule has 1 aliphatic rings. The Kier molecular flexibility index (Phi) is 6.08. The zero-order valence-electron chi connectivity index (χ0n) is 19.8. The number of imidazole rings is 1. The number of morpholine rings is 1. The van der Waals surface area contributed by atoms with Crippen LogP contribution < -0.4 is 24.4 Å². The van der Waals surface area contributed by atoms with Crippen molar-refractivity contribution >= 4 is 22.8 Å².